The number of carbonyl (C=O) groups excluding carboxylic acids is 2. The zero-order valence-electron chi connectivity index (χ0n) is 9.67. The van der Waals surface area contributed by atoms with Crippen molar-refractivity contribution in [3.8, 4) is 0 Å². The highest BCUT2D eigenvalue weighted by atomic mass is 79.9. The normalized spacial score (nSPS) is 15.4. The van der Waals surface area contributed by atoms with Crippen molar-refractivity contribution >= 4 is 33.8 Å². The van der Waals surface area contributed by atoms with E-state index in [1.54, 1.807) is 12.2 Å². The van der Waals surface area contributed by atoms with E-state index in [0.29, 0.717) is 6.54 Å². The van der Waals surface area contributed by atoms with E-state index in [-0.39, 0.29) is 11.8 Å². The number of halogens is 1. The van der Waals surface area contributed by atoms with Gasteiger partial charge >= 0.3 is 0 Å². The Morgan fingerprint density at radius 2 is 2.00 bits per heavy atom. The van der Waals surface area contributed by atoms with E-state index in [9.17, 15) is 9.59 Å². The maximum Gasteiger partial charge on any atom is 0.253 e. The molecule has 0 radical (unpaired) electrons. The van der Waals surface area contributed by atoms with Gasteiger partial charge in [-0.2, -0.15) is 0 Å². The van der Waals surface area contributed by atoms with Crippen LogP contribution in [-0.2, 0) is 9.59 Å². The summed E-state index contributed by atoms with van der Waals surface area (Å²) in [4.78, 5) is 24.5. The molecule has 18 heavy (non-hydrogen) atoms. The second kappa shape index (κ2) is 5.78. The van der Waals surface area contributed by atoms with Gasteiger partial charge in [0.25, 0.3) is 11.8 Å². The lowest BCUT2D eigenvalue weighted by Crippen LogP contribution is -2.37. The number of imide groups is 1. The van der Waals surface area contributed by atoms with E-state index in [1.807, 2.05) is 24.3 Å². The van der Waals surface area contributed by atoms with E-state index in [1.165, 1.54) is 17.1 Å². The van der Waals surface area contributed by atoms with E-state index in [4.69, 9.17) is 0 Å². The van der Waals surface area contributed by atoms with Crippen molar-refractivity contribution in [2.45, 2.75) is 6.42 Å². The highest BCUT2D eigenvalue weighted by molar-refractivity contribution is 9.10. The van der Waals surface area contributed by atoms with Crippen molar-refractivity contribution in [3.05, 3.63) is 52.5 Å². The summed E-state index contributed by atoms with van der Waals surface area (Å²) in [5.74, 6) is -0.515. The van der Waals surface area contributed by atoms with Gasteiger partial charge in [0.2, 0.25) is 0 Å². The van der Waals surface area contributed by atoms with Gasteiger partial charge in [-0.3, -0.25) is 14.5 Å². The molecule has 1 aromatic rings. The molecule has 1 heterocycles. The largest absolute Gasteiger partial charge is 0.275 e. The highest BCUT2D eigenvalue weighted by Crippen LogP contribution is 2.12. The quantitative estimate of drug-likeness (QED) is 0.788. The first-order valence-corrected chi connectivity index (χ1v) is 6.42. The van der Waals surface area contributed by atoms with Crippen LogP contribution in [-0.4, -0.2) is 23.3 Å². The molecular weight excluding hydrogens is 294 g/mol. The SMILES string of the molecule is O=C1C=CCCN1C(=O)/C=C/c1ccc(Br)cc1. The lowest BCUT2D eigenvalue weighted by atomic mass is 10.2. The zero-order valence-corrected chi connectivity index (χ0v) is 11.3. The Kier molecular flexibility index (Phi) is 4.10. The lowest BCUT2D eigenvalue weighted by Gasteiger charge is -2.19. The van der Waals surface area contributed by atoms with Gasteiger partial charge in [-0.15, -0.1) is 0 Å². The molecule has 0 N–H and O–H groups in total. The Labute approximate surface area is 114 Å². The predicted molar refractivity (Wildman–Crippen MR) is 73.7 cm³/mol. The second-order valence-corrected chi connectivity index (χ2v) is 4.82. The Morgan fingerprint density at radius 1 is 1.28 bits per heavy atom. The summed E-state index contributed by atoms with van der Waals surface area (Å²) in [5.41, 5.74) is 0.923. The summed E-state index contributed by atoms with van der Waals surface area (Å²) in [6, 6.07) is 7.59. The molecular formula is C14H12BrNO2. The van der Waals surface area contributed by atoms with Crippen LogP contribution >= 0.6 is 15.9 Å². The van der Waals surface area contributed by atoms with Crippen LogP contribution in [0.5, 0.6) is 0 Å². The average Bonchev–Trinajstić information content (AvgIpc) is 2.38. The standard InChI is InChI=1S/C14H12BrNO2/c15-12-7-4-11(5-8-12)6-9-14(18)16-10-2-1-3-13(16)17/h1,3-9H,2,10H2/b9-6+. The Morgan fingerprint density at radius 3 is 2.67 bits per heavy atom. The first-order valence-electron chi connectivity index (χ1n) is 5.62. The molecule has 0 unspecified atom stereocenters. The van der Waals surface area contributed by atoms with Gasteiger partial charge < -0.3 is 0 Å². The smallest absolute Gasteiger partial charge is 0.253 e. The first kappa shape index (κ1) is 12.8. The summed E-state index contributed by atoms with van der Waals surface area (Å²) >= 11 is 3.34. The minimum Gasteiger partial charge on any atom is -0.275 e. The summed E-state index contributed by atoms with van der Waals surface area (Å²) in [7, 11) is 0. The molecule has 3 nitrogen and oxygen atoms in total. The van der Waals surface area contributed by atoms with Crippen LogP contribution in [0.25, 0.3) is 6.08 Å². The Hall–Kier alpha value is -1.68. The molecule has 0 atom stereocenters. The molecule has 2 amide bonds. The van der Waals surface area contributed by atoms with Crippen molar-refractivity contribution in [3.63, 3.8) is 0 Å². The van der Waals surface area contributed by atoms with Crippen LogP contribution in [0.1, 0.15) is 12.0 Å². The number of rotatable bonds is 2. The van der Waals surface area contributed by atoms with Crippen LogP contribution in [0.3, 0.4) is 0 Å². The molecule has 0 bridgehead atoms. The van der Waals surface area contributed by atoms with Gasteiger partial charge in [0.05, 0.1) is 0 Å². The van der Waals surface area contributed by atoms with Crippen molar-refractivity contribution in [2.24, 2.45) is 0 Å². The van der Waals surface area contributed by atoms with Crippen LogP contribution in [0.15, 0.2) is 47.0 Å². The van der Waals surface area contributed by atoms with Gasteiger partial charge in [0.1, 0.15) is 0 Å². The third kappa shape index (κ3) is 3.17. The second-order valence-electron chi connectivity index (χ2n) is 3.90. The third-order valence-electron chi connectivity index (χ3n) is 2.60. The fourth-order valence-electron chi connectivity index (χ4n) is 1.64. The van der Waals surface area contributed by atoms with Crippen LogP contribution in [0.2, 0.25) is 0 Å². The number of amides is 2. The average molecular weight is 306 g/mol. The summed E-state index contributed by atoms with van der Waals surface area (Å²) in [6.45, 7) is 0.457. The van der Waals surface area contributed by atoms with Crippen LogP contribution < -0.4 is 0 Å². The van der Waals surface area contributed by atoms with E-state index in [0.717, 1.165) is 16.5 Å². The number of benzene rings is 1. The maximum absolute atomic E-state index is 11.8. The van der Waals surface area contributed by atoms with Gasteiger partial charge in [-0.25, -0.2) is 0 Å². The van der Waals surface area contributed by atoms with Gasteiger partial charge in [-0.1, -0.05) is 34.1 Å². The van der Waals surface area contributed by atoms with Crippen LogP contribution in [0, 0.1) is 0 Å². The van der Waals surface area contributed by atoms with Crippen molar-refractivity contribution in [1.29, 1.82) is 0 Å². The summed E-state index contributed by atoms with van der Waals surface area (Å²) < 4.78 is 0.988. The fourth-order valence-corrected chi connectivity index (χ4v) is 1.90. The van der Waals surface area contributed by atoms with E-state index >= 15 is 0 Å². The molecule has 0 fully saturated rings. The van der Waals surface area contributed by atoms with Crippen molar-refractivity contribution in [2.75, 3.05) is 6.54 Å². The number of hydrogen-bond acceptors (Lipinski definition) is 2. The molecule has 1 aliphatic heterocycles. The molecule has 0 saturated heterocycles. The Bertz CT molecular complexity index is 517. The minimum atomic E-state index is -0.271. The fraction of sp³-hybridized carbons (Fsp3) is 0.143. The van der Waals surface area contributed by atoms with Crippen molar-refractivity contribution in [1.82, 2.24) is 4.90 Å². The van der Waals surface area contributed by atoms with Crippen molar-refractivity contribution < 1.29 is 9.59 Å². The molecule has 0 aliphatic carbocycles. The third-order valence-corrected chi connectivity index (χ3v) is 3.13. The van der Waals surface area contributed by atoms with Gasteiger partial charge in [0.15, 0.2) is 0 Å². The molecule has 1 aromatic carbocycles. The van der Waals surface area contributed by atoms with Gasteiger partial charge in [-0.05, 0) is 36.3 Å². The molecule has 0 saturated carbocycles. The summed E-state index contributed by atoms with van der Waals surface area (Å²) in [5, 5.41) is 0. The molecule has 4 heteroatoms. The molecule has 92 valence electrons. The number of hydrogen-bond donors (Lipinski definition) is 0. The zero-order chi connectivity index (χ0) is 13.0. The first-order chi connectivity index (χ1) is 8.66. The number of nitrogens with zero attached hydrogens (tertiary/aromatic N) is 1. The molecule has 2 rings (SSSR count). The maximum atomic E-state index is 11.8. The minimum absolute atomic E-state index is 0.244. The highest BCUT2D eigenvalue weighted by Gasteiger charge is 2.18. The molecule has 0 spiro atoms. The number of carbonyl (C=O) groups is 2. The molecule has 0 aromatic heterocycles. The topological polar surface area (TPSA) is 37.4 Å². The monoisotopic (exact) mass is 305 g/mol. The Balaban J connectivity index is 2.05. The summed E-state index contributed by atoms with van der Waals surface area (Å²) in [6.07, 6.45) is 7.09. The van der Waals surface area contributed by atoms with E-state index in [2.05, 4.69) is 15.9 Å². The predicted octanol–water partition coefficient (Wildman–Crippen LogP) is 2.78. The molecule has 1 aliphatic rings. The van der Waals surface area contributed by atoms with E-state index < -0.39 is 0 Å². The lowest BCUT2D eigenvalue weighted by molar-refractivity contribution is -0.139. The van der Waals surface area contributed by atoms with Crippen LogP contribution in [0.4, 0.5) is 0 Å². The van der Waals surface area contributed by atoms with Gasteiger partial charge in [0, 0.05) is 17.1 Å².